The Morgan fingerprint density at radius 1 is 0.574 bits per heavy atom. The maximum atomic E-state index is 12.2. The first kappa shape index (κ1) is 36.1. The van der Waals surface area contributed by atoms with Crippen molar-refractivity contribution >= 4 is 34.9 Å². The number of ether oxygens (including phenoxy) is 2. The van der Waals surface area contributed by atoms with E-state index in [9.17, 15) is 4.79 Å². The van der Waals surface area contributed by atoms with Gasteiger partial charge >= 0.3 is 5.97 Å². The Labute approximate surface area is 282 Å². The van der Waals surface area contributed by atoms with Gasteiger partial charge in [-0.1, -0.05) is 129 Å². The molecule has 5 nitrogen and oxygen atoms in total. The molecule has 4 rings (SSSR count). The summed E-state index contributed by atoms with van der Waals surface area (Å²) in [5.74, 6) is -0.531. The molecule has 6 heteroatoms. The number of benzene rings is 4. The summed E-state index contributed by atoms with van der Waals surface area (Å²) >= 11 is 0. The molecular weight excluding hydrogens is 601 g/mol. The summed E-state index contributed by atoms with van der Waals surface area (Å²) in [6, 6.07) is 41.3. The van der Waals surface area contributed by atoms with Crippen LogP contribution in [0.2, 0.25) is 0 Å². The maximum Gasteiger partial charge on any atom is 0.360 e. The van der Waals surface area contributed by atoms with Crippen LogP contribution in [0, 0.1) is 0 Å². The molecule has 0 aromatic heterocycles. The standard InChI is InChI=1S/C41H51NO4P/c1-44-41(43)40(42-45-2)39-31-21-20-24-35(39)34-46-32-22-9-7-5-3-4-6-8-10-23-33-47(36-25-14-11-15-26-36,37-27-16-12-17-28-37)38-29-18-13-19-30-38/h11-21,24-31H,3-10,22-23,32-34H2,1-2H3/q+1/b42-40-. The lowest BCUT2D eigenvalue weighted by atomic mass is 10.0. The van der Waals surface area contributed by atoms with E-state index in [4.69, 9.17) is 14.3 Å². The zero-order valence-electron chi connectivity index (χ0n) is 28.2. The summed E-state index contributed by atoms with van der Waals surface area (Å²) in [4.78, 5) is 17.0. The first-order valence-electron chi connectivity index (χ1n) is 17.1. The summed E-state index contributed by atoms with van der Waals surface area (Å²) in [5.41, 5.74) is 1.71. The third kappa shape index (κ3) is 10.6. The van der Waals surface area contributed by atoms with Crippen molar-refractivity contribution in [2.75, 3.05) is 27.0 Å². The van der Waals surface area contributed by atoms with Crippen LogP contribution in [0.4, 0.5) is 0 Å². The minimum Gasteiger partial charge on any atom is -0.464 e. The number of rotatable bonds is 21. The van der Waals surface area contributed by atoms with Crippen molar-refractivity contribution in [2.45, 2.75) is 70.8 Å². The lowest BCUT2D eigenvalue weighted by molar-refractivity contribution is -0.132. The monoisotopic (exact) mass is 652 g/mol. The van der Waals surface area contributed by atoms with E-state index in [1.54, 1.807) is 0 Å². The molecule has 0 spiro atoms. The van der Waals surface area contributed by atoms with Crippen LogP contribution in [-0.2, 0) is 25.7 Å². The van der Waals surface area contributed by atoms with E-state index < -0.39 is 13.2 Å². The van der Waals surface area contributed by atoms with Crippen molar-refractivity contribution in [1.29, 1.82) is 0 Å². The van der Waals surface area contributed by atoms with E-state index in [-0.39, 0.29) is 5.71 Å². The fraction of sp³-hybridized carbons (Fsp3) is 0.366. The average Bonchev–Trinajstić information content (AvgIpc) is 3.13. The van der Waals surface area contributed by atoms with E-state index in [1.807, 2.05) is 24.3 Å². The van der Waals surface area contributed by atoms with Crippen molar-refractivity contribution < 1.29 is 19.1 Å². The van der Waals surface area contributed by atoms with Crippen LogP contribution in [0.5, 0.6) is 0 Å². The third-order valence-corrected chi connectivity index (χ3v) is 13.2. The normalized spacial score (nSPS) is 11.7. The van der Waals surface area contributed by atoms with Crippen LogP contribution in [0.15, 0.2) is 120 Å². The second-order valence-electron chi connectivity index (χ2n) is 11.9. The molecule has 4 aromatic carbocycles. The Morgan fingerprint density at radius 2 is 1.02 bits per heavy atom. The quantitative estimate of drug-likeness (QED) is 0.0297. The molecule has 0 aliphatic heterocycles. The highest BCUT2D eigenvalue weighted by Gasteiger charge is 2.44. The molecule has 0 N–H and O–H groups in total. The highest BCUT2D eigenvalue weighted by Crippen LogP contribution is 2.56. The van der Waals surface area contributed by atoms with Crippen LogP contribution >= 0.6 is 7.26 Å². The first-order valence-corrected chi connectivity index (χ1v) is 19.1. The number of hydrogen-bond acceptors (Lipinski definition) is 5. The lowest BCUT2D eigenvalue weighted by Gasteiger charge is -2.27. The van der Waals surface area contributed by atoms with Gasteiger partial charge in [0, 0.05) is 12.2 Å². The molecule has 0 saturated carbocycles. The van der Waals surface area contributed by atoms with E-state index in [2.05, 4.69) is 96.2 Å². The highest BCUT2D eigenvalue weighted by molar-refractivity contribution is 7.95. The first-order chi connectivity index (χ1) is 23.2. The van der Waals surface area contributed by atoms with Crippen LogP contribution in [0.1, 0.15) is 75.3 Å². The van der Waals surface area contributed by atoms with Gasteiger partial charge in [0.05, 0.1) is 19.9 Å². The van der Waals surface area contributed by atoms with Crippen molar-refractivity contribution in [2.24, 2.45) is 5.16 Å². The molecular formula is C41H51NO4P+. The van der Waals surface area contributed by atoms with Crippen LogP contribution < -0.4 is 15.9 Å². The topological polar surface area (TPSA) is 57.1 Å². The number of carbonyl (C=O) groups is 1. The van der Waals surface area contributed by atoms with E-state index >= 15 is 0 Å². The Balaban J connectivity index is 1.13. The molecule has 0 heterocycles. The van der Waals surface area contributed by atoms with Crippen molar-refractivity contribution in [1.82, 2.24) is 0 Å². The molecule has 0 aliphatic rings. The predicted octanol–water partition coefficient (Wildman–Crippen LogP) is 8.62. The van der Waals surface area contributed by atoms with Gasteiger partial charge < -0.3 is 14.3 Å². The van der Waals surface area contributed by atoms with Gasteiger partial charge in [-0.2, -0.15) is 0 Å². The summed E-state index contributed by atoms with van der Waals surface area (Å²) in [6.45, 7) is 1.11. The highest BCUT2D eigenvalue weighted by atomic mass is 31.2. The van der Waals surface area contributed by atoms with Gasteiger partial charge in [-0.25, -0.2) is 4.79 Å². The number of hydrogen-bond donors (Lipinski definition) is 0. The summed E-state index contributed by atoms with van der Waals surface area (Å²) < 4.78 is 10.8. The zero-order valence-corrected chi connectivity index (χ0v) is 29.1. The number of esters is 1. The Morgan fingerprint density at radius 3 is 1.51 bits per heavy atom. The Kier molecular flexibility index (Phi) is 15.7. The molecule has 0 unspecified atom stereocenters. The van der Waals surface area contributed by atoms with E-state index in [0.29, 0.717) is 18.8 Å². The fourth-order valence-corrected chi connectivity index (χ4v) is 10.7. The smallest absolute Gasteiger partial charge is 0.360 e. The summed E-state index contributed by atoms with van der Waals surface area (Å²) in [6.07, 6.45) is 13.7. The lowest BCUT2D eigenvalue weighted by Crippen LogP contribution is -2.33. The molecule has 0 bridgehead atoms. The molecule has 0 atom stereocenters. The van der Waals surface area contributed by atoms with Crippen LogP contribution in [0.3, 0.4) is 0 Å². The number of methoxy groups -OCH3 is 1. The zero-order chi connectivity index (χ0) is 33.0. The molecule has 0 aliphatic carbocycles. The van der Waals surface area contributed by atoms with Gasteiger partial charge in [0.15, 0.2) is 5.71 Å². The molecule has 248 valence electrons. The SMILES string of the molecule is CO/N=C(\C(=O)OC)c1ccccc1COCCCCCCCCCCCC[P+](c1ccccc1)(c1ccccc1)c1ccccc1. The molecule has 47 heavy (non-hydrogen) atoms. The Hall–Kier alpha value is -3.79. The molecule has 0 radical (unpaired) electrons. The predicted molar refractivity (Wildman–Crippen MR) is 198 cm³/mol. The van der Waals surface area contributed by atoms with E-state index in [1.165, 1.54) is 94.1 Å². The van der Waals surface area contributed by atoms with Gasteiger partial charge in [-0.3, -0.25) is 0 Å². The molecule has 0 saturated heterocycles. The molecule has 0 fully saturated rings. The van der Waals surface area contributed by atoms with Gasteiger partial charge in [0.25, 0.3) is 0 Å². The number of unbranched alkanes of at least 4 members (excludes halogenated alkanes) is 9. The van der Waals surface area contributed by atoms with Crippen LogP contribution in [0.25, 0.3) is 0 Å². The van der Waals surface area contributed by atoms with Gasteiger partial charge in [-0.15, -0.1) is 0 Å². The average molecular weight is 653 g/mol. The number of nitrogens with zero attached hydrogens (tertiary/aromatic N) is 1. The summed E-state index contributed by atoms with van der Waals surface area (Å²) in [5, 5.41) is 8.32. The minimum absolute atomic E-state index is 0.148. The Bertz CT molecular complexity index is 1380. The minimum atomic E-state index is -1.71. The number of oxime groups is 1. The van der Waals surface area contributed by atoms with Gasteiger partial charge in [0.1, 0.15) is 30.3 Å². The van der Waals surface area contributed by atoms with E-state index in [0.717, 1.165) is 12.0 Å². The molecule has 0 amide bonds. The summed E-state index contributed by atoms with van der Waals surface area (Å²) in [7, 11) is 1.05. The largest absolute Gasteiger partial charge is 0.464 e. The maximum absolute atomic E-state index is 12.2. The van der Waals surface area contributed by atoms with Crippen molar-refractivity contribution in [3.8, 4) is 0 Å². The fourth-order valence-electron chi connectivity index (χ4n) is 6.29. The second kappa shape index (κ2) is 20.4. The van der Waals surface area contributed by atoms with Gasteiger partial charge in [-0.05, 0) is 61.2 Å². The second-order valence-corrected chi connectivity index (χ2v) is 15.5. The number of carbonyl (C=O) groups excluding carboxylic acids is 1. The third-order valence-electron chi connectivity index (χ3n) is 8.71. The molecule has 4 aromatic rings. The van der Waals surface area contributed by atoms with Crippen molar-refractivity contribution in [3.63, 3.8) is 0 Å². The van der Waals surface area contributed by atoms with Crippen LogP contribution in [-0.4, -0.2) is 38.7 Å². The van der Waals surface area contributed by atoms with Gasteiger partial charge in [0.2, 0.25) is 0 Å². The van der Waals surface area contributed by atoms with Crippen molar-refractivity contribution in [3.05, 3.63) is 126 Å².